The van der Waals surface area contributed by atoms with Crippen molar-refractivity contribution < 1.29 is 4.79 Å². The van der Waals surface area contributed by atoms with Crippen molar-refractivity contribution in [3.8, 4) is 5.69 Å². The van der Waals surface area contributed by atoms with Gasteiger partial charge in [0.2, 0.25) is 5.91 Å². The number of amides is 1. The summed E-state index contributed by atoms with van der Waals surface area (Å²) in [6.45, 7) is 9.11. The van der Waals surface area contributed by atoms with E-state index in [0.717, 1.165) is 49.8 Å². The molecule has 0 bridgehead atoms. The van der Waals surface area contributed by atoms with Gasteiger partial charge in [0.1, 0.15) is 5.82 Å². The first-order valence-electron chi connectivity index (χ1n) is 12.9. The zero-order valence-electron chi connectivity index (χ0n) is 21.2. The molecule has 1 aromatic heterocycles. The molecule has 0 saturated heterocycles. The van der Waals surface area contributed by atoms with Crippen LogP contribution in [-0.2, 0) is 4.79 Å². The Hall–Kier alpha value is -2.95. The van der Waals surface area contributed by atoms with Gasteiger partial charge in [0.05, 0.1) is 22.6 Å². The number of fused-ring (bicyclic) bond motifs is 1. The molecule has 5 nitrogen and oxygen atoms in total. The van der Waals surface area contributed by atoms with E-state index >= 15 is 0 Å². The number of hydrogen-bond donors (Lipinski definition) is 0. The zero-order valence-corrected chi connectivity index (χ0v) is 21.2. The Kier molecular flexibility index (Phi) is 9.43. The molecule has 3 aromatic rings. The van der Waals surface area contributed by atoms with Gasteiger partial charge in [-0.1, -0.05) is 76.3 Å². The highest BCUT2D eigenvalue weighted by molar-refractivity contribution is 5.79. The number of para-hydroxylation sites is 1. The van der Waals surface area contributed by atoms with Crippen LogP contribution in [-0.4, -0.2) is 26.9 Å². The normalized spacial score (nSPS) is 12.1. The molecule has 1 unspecified atom stereocenters. The lowest BCUT2D eigenvalue weighted by atomic mass is 10.1. The van der Waals surface area contributed by atoms with Crippen LogP contribution in [0.2, 0.25) is 0 Å². The SMILES string of the molecule is CCCCCCN(C(=O)CCCC)C(CC)c1nc2ccccc2c(=O)n1-c1ccc(C)cc1. The monoisotopic (exact) mass is 461 g/mol. The molecule has 182 valence electrons. The minimum atomic E-state index is -0.260. The Morgan fingerprint density at radius 1 is 0.941 bits per heavy atom. The highest BCUT2D eigenvalue weighted by Gasteiger charge is 2.28. The lowest BCUT2D eigenvalue weighted by molar-refractivity contribution is -0.134. The third-order valence-electron chi connectivity index (χ3n) is 6.47. The topological polar surface area (TPSA) is 55.2 Å². The fourth-order valence-electron chi connectivity index (χ4n) is 4.49. The average molecular weight is 462 g/mol. The minimum Gasteiger partial charge on any atom is -0.333 e. The van der Waals surface area contributed by atoms with Crippen molar-refractivity contribution >= 4 is 16.8 Å². The Morgan fingerprint density at radius 2 is 1.65 bits per heavy atom. The highest BCUT2D eigenvalue weighted by Crippen LogP contribution is 2.27. The molecule has 0 aliphatic heterocycles. The number of carbonyl (C=O) groups excluding carboxylic acids is 1. The van der Waals surface area contributed by atoms with E-state index in [1.54, 1.807) is 4.57 Å². The van der Waals surface area contributed by atoms with E-state index in [2.05, 4.69) is 20.8 Å². The summed E-state index contributed by atoms with van der Waals surface area (Å²) in [6, 6.07) is 15.2. The van der Waals surface area contributed by atoms with Crippen LogP contribution in [0, 0.1) is 6.92 Å². The van der Waals surface area contributed by atoms with Gasteiger partial charge in [-0.3, -0.25) is 14.2 Å². The number of carbonyl (C=O) groups is 1. The van der Waals surface area contributed by atoms with Gasteiger partial charge < -0.3 is 4.90 Å². The summed E-state index contributed by atoms with van der Waals surface area (Å²) in [5, 5.41) is 0.591. The third kappa shape index (κ3) is 5.94. The van der Waals surface area contributed by atoms with Crippen molar-refractivity contribution in [2.24, 2.45) is 0 Å². The number of aromatic nitrogens is 2. The van der Waals surface area contributed by atoms with Crippen LogP contribution in [0.5, 0.6) is 0 Å². The lowest BCUT2D eigenvalue weighted by Gasteiger charge is -2.32. The number of unbranched alkanes of at least 4 members (excludes halogenated alkanes) is 4. The summed E-state index contributed by atoms with van der Waals surface area (Å²) in [7, 11) is 0. The molecule has 3 rings (SSSR count). The van der Waals surface area contributed by atoms with Gasteiger partial charge in [-0.25, -0.2) is 4.98 Å². The van der Waals surface area contributed by atoms with E-state index in [1.807, 2.05) is 60.4 Å². The Morgan fingerprint density at radius 3 is 2.32 bits per heavy atom. The predicted octanol–water partition coefficient (Wildman–Crippen LogP) is 6.74. The van der Waals surface area contributed by atoms with Gasteiger partial charge >= 0.3 is 0 Å². The smallest absolute Gasteiger partial charge is 0.266 e. The Labute approximate surface area is 203 Å². The predicted molar refractivity (Wildman–Crippen MR) is 140 cm³/mol. The van der Waals surface area contributed by atoms with Crippen molar-refractivity contribution in [1.82, 2.24) is 14.5 Å². The van der Waals surface area contributed by atoms with Crippen LogP contribution in [0.4, 0.5) is 0 Å². The molecule has 0 radical (unpaired) electrons. The number of benzene rings is 2. The molecule has 2 aromatic carbocycles. The van der Waals surface area contributed by atoms with Crippen LogP contribution in [0.25, 0.3) is 16.6 Å². The molecule has 0 aliphatic carbocycles. The van der Waals surface area contributed by atoms with Crippen molar-refractivity contribution in [3.63, 3.8) is 0 Å². The maximum Gasteiger partial charge on any atom is 0.266 e. The first-order chi connectivity index (χ1) is 16.5. The average Bonchev–Trinajstić information content (AvgIpc) is 2.85. The second kappa shape index (κ2) is 12.5. The van der Waals surface area contributed by atoms with Gasteiger partial charge in [0, 0.05) is 13.0 Å². The fourth-order valence-corrected chi connectivity index (χ4v) is 4.49. The van der Waals surface area contributed by atoms with Gasteiger partial charge in [-0.2, -0.15) is 0 Å². The first-order valence-corrected chi connectivity index (χ1v) is 12.9. The number of aryl methyl sites for hydroxylation is 1. The molecule has 0 fully saturated rings. The molecule has 34 heavy (non-hydrogen) atoms. The second-order valence-corrected chi connectivity index (χ2v) is 9.14. The molecular weight excluding hydrogens is 422 g/mol. The van der Waals surface area contributed by atoms with Gasteiger partial charge in [0.15, 0.2) is 0 Å². The number of rotatable bonds is 12. The van der Waals surface area contributed by atoms with Crippen LogP contribution in [0.1, 0.15) is 89.6 Å². The van der Waals surface area contributed by atoms with Crippen LogP contribution < -0.4 is 5.56 Å². The molecule has 0 N–H and O–H groups in total. The molecule has 1 heterocycles. The summed E-state index contributed by atoms with van der Waals surface area (Å²) < 4.78 is 1.72. The van der Waals surface area contributed by atoms with Crippen molar-refractivity contribution in [2.75, 3.05) is 6.54 Å². The van der Waals surface area contributed by atoms with Crippen molar-refractivity contribution in [3.05, 3.63) is 70.3 Å². The van der Waals surface area contributed by atoms with Gasteiger partial charge in [0.25, 0.3) is 5.56 Å². The highest BCUT2D eigenvalue weighted by atomic mass is 16.2. The van der Waals surface area contributed by atoms with Gasteiger partial charge in [-0.05, 0) is 50.5 Å². The second-order valence-electron chi connectivity index (χ2n) is 9.14. The van der Waals surface area contributed by atoms with Gasteiger partial charge in [-0.15, -0.1) is 0 Å². The molecule has 0 saturated carbocycles. The summed E-state index contributed by atoms with van der Waals surface area (Å²) in [6.07, 6.45) is 7.46. The first kappa shape index (κ1) is 25.7. The van der Waals surface area contributed by atoms with E-state index in [9.17, 15) is 9.59 Å². The summed E-state index contributed by atoms with van der Waals surface area (Å²) >= 11 is 0. The van der Waals surface area contributed by atoms with E-state index in [4.69, 9.17) is 4.98 Å². The number of hydrogen-bond acceptors (Lipinski definition) is 3. The maximum atomic E-state index is 13.7. The largest absolute Gasteiger partial charge is 0.333 e. The van der Waals surface area contributed by atoms with Crippen LogP contribution in [0.15, 0.2) is 53.3 Å². The van der Waals surface area contributed by atoms with Crippen LogP contribution in [0.3, 0.4) is 0 Å². The van der Waals surface area contributed by atoms with Crippen molar-refractivity contribution in [1.29, 1.82) is 0 Å². The molecule has 0 aliphatic rings. The molecule has 1 atom stereocenters. The third-order valence-corrected chi connectivity index (χ3v) is 6.47. The molecule has 0 spiro atoms. The molecular formula is C29H39N3O2. The van der Waals surface area contributed by atoms with Crippen LogP contribution >= 0.6 is 0 Å². The Balaban J connectivity index is 2.15. The quantitative estimate of drug-likeness (QED) is 0.281. The van der Waals surface area contributed by atoms with E-state index in [1.165, 1.54) is 0 Å². The van der Waals surface area contributed by atoms with Crippen molar-refractivity contribution in [2.45, 2.75) is 85.1 Å². The minimum absolute atomic E-state index is 0.0881. The standard InChI is InChI=1S/C29H39N3O2/c1-5-8-10-13-21-31(27(33)16-9-6-2)26(7-3)28-30-25-15-12-11-14-24(25)29(34)32(28)23-19-17-22(4)18-20-23/h11-12,14-15,17-20,26H,5-10,13,16,21H2,1-4H3. The van der Waals surface area contributed by atoms with E-state index < -0.39 is 0 Å². The number of nitrogens with zero attached hydrogens (tertiary/aromatic N) is 3. The zero-order chi connectivity index (χ0) is 24.5. The Bertz CT molecular complexity index is 1130. The fraction of sp³-hybridized carbons (Fsp3) is 0.483. The van der Waals surface area contributed by atoms with E-state index in [0.29, 0.717) is 36.1 Å². The maximum absolute atomic E-state index is 13.7. The summed E-state index contributed by atoms with van der Waals surface area (Å²) in [5.41, 5.74) is 2.51. The summed E-state index contributed by atoms with van der Waals surface area (Å²) in [4.78, 5) is 34.1. The van der Waals surface area contributed by atoms with E-state index in [-0.39, 0.29) is 17.5 Å². The molecule has 1 amide bonds. The molecule has 5 heteroatoms. The summed E-state index contributed by atoms with van der Waals surface area (Å²) in [5.74, 6) is 0.804. The lowest BCUT2D eigenvalue weighted by Crippen LogP contribution is -2.39.